The number of fused-ring (bicyclic) bond motifs is 1. The Bertz CT molecular complexity index is 5080. The molecule has 6 aromatic rings. The van der Waals surface area contributed by atoms with Gasteiger partial charge in [0.05, 0.1) is 43.3 Å². The van der Waals surface area contributed by atoms with Gasteiger partial charge in [0.25, 0.3) is 5.91 Å². The Kier molecular flexibility index (Phi) is 52.7. The van der Waals surface area contributed by atoms with E-state index in [9.17, 15) is 85.5 Å². The topological polar surface area (TPSA) is 506 Å². The molecule has 0 saturated heterocycles. The number of aliphatic hydroxyl groups is 1. The van der Waals surface area contributed by atoms with Crippen LogP contribution < -0.4 is 46.0 Å². The summed E-state index contributed by atoms with van der Waals surface area (Å²) in [4.78, 5) is 94.7. The number of aromatic carboxylic acids is 1. The van der Waals surface area contributed by atoms with Crippen molar-refractivity contribution >= 4 is 152 Å². The minimum atomic E-state index is -3.38. The number of nitrogens with two attached hydrogens (primary N) is 1. The molecule has 122 heavy (non-hydrogen) atoms. The van der Waals surface area contributed by atoms with Gasteiger partial charge in [-0.05, 0) is 184 Å². The van der Waals surface area contributed by atoms with E-state index in [-0.39, 0.29) is 157 Å². The Morgan fingerprint density at radius 2 is 0.795 bits per heavy atom. The van der Waals surface area contributed by atoms with Crippen molar-refractivity contribution in [3.8, 4) is 0 Å². The smallest absolute Gasteiger partial charge is 1.00 e. The molecule has 0 aromatic heterocycles. The van der Waals surface area contributed by atoms with Gasteiger partial charge in [0.1, 0.15) is 55.2 Å². The molecule has 1 aliphatic heterocycles. The molecule has 0 radical (unpaired) electrons. The number of aliphatic carboxylic acids is 1. The van der Waals surface area contributed by atoms with Crippen molar-refractivity contribution in [2.75, 3.05) is 31.3 Å². The van der Waals surface area contributed by atoms with E-state index in [0.29, 0.717) is 38.8 Å². The zero-order chi connectivity index (χ0) is 89.9. The molecular weight excluding hydrogens is 1740 g/mol. The Morgan fingerprint density at radius 1 is 0.484 bits per heavy atom. The predicted molar refractivity (Wildman–Crippen MR) is 468 cm³/mol. The predicted octanol–water partition coefficient (Wildman–Crippen LogP) is 5.32. The molecule has 1 aliphatic rings. The number of nitrogens with one attached hydrogen (secondary N) is 3. The third kappa shape index (κ3) is 44.1. The molecule has 7 rings (SSSR count). The fourth-order valence-electron chi connectivity index (χ4n) is 9.69. The fraction of sp³-hybridized carbons (Fsp3) is 0.450. The first kappa shape index (κ1) is 120. The second-order valence-corrected chi connectivity index (χ2v) is 40.4. The molecule has 0 unspecified atom stereocenters. The molecule has 32 nitrogen and oxygen atoms in total. The summed E-state index contributed by atoms with van der Waals surface area (Å²) >= 11 is 0. The third-order valence-electron chi connectivity index (χ3n) is 16.0. The number of ether oxygens (including phenoxy) is 5. The Hall–Kier alpha value is -7.96. The number of alkyl carbamates (subject to hydrolysis) is 2. The number of carboxylic acid groups (broad SMARTS) is 2. The molecule has 0 spiro atoms. The van der Waals surface area contributed by atoms with Gasteiger partial charge in [-0.2, -0.15) is 0 Å². The van der Waals surface area contributed by atoms with Crippen molar-refractivity contribution in [3.05, 3.63) is 178 Å². The number of hydrogen-bond acceptors (Lipinski definition) is 27. The first-order valence-corrected chi connectivity index (χ1v) is 45.5. The van der Waals surface area contributed by atoms with Crippen LogP contribution in [0.15, 0.2) is 158 Å². The SMILES string of the molecule is C.CC(C)[C@H](N)C(=O)OCc1cccc(S(C)(=O)=O)c1.CC(C)[C@H](NC(=O)OC(C)(C)C)C(=O)O.CC(C)[C@H](NC(=O)OC(C)(C)C)C(=O)OCc1cccc(S(C)(=O)=O)c1.CS(=O)(=O)c1cccc(C(=O)O)c1.CS(=O)(=O)c1cccc(CO)c1.Cc1c(C(=O)N[C@H](C(=O)OCc2cccc(S(C)(=O)=O)c2)C(C)C)ccc2c1B(O)OC2.Cl.Cl.[AlH3].[H-].[Li+]. The monoisotopic (exact) mass is 1860 g/mol. The molecule has 0 aliphatic carbocycles. The van der Waals surface area contributed by atoms with E-state index in [4.69, 9.17) is 49.4 Å². The molecule has 0 fully saturated rings. The minimum Gasteiger partial charge on any atom is -1.00 e. The van der Waals surface area contributed by atoms with E-state index in [1.54, 1.807) is 151 Å². The summed E-state index contributed by atoms with van der Waals surface area (Å²) in [5.41, 5.74) is 8.96. The summed E-state index contributed by atoms with van der Waals surface area (Å²) in [6, 6.07) is 30.1. The van der Waals surface area contributed by atoms with Crippen molar-refractivity contribution in [1.29, 1.82) is 0 Å². The van der Waals surface area contributed by atoms with Crippen LogP contribution in [0.2, 0.25) is 0 Å². The number of halogens is 2. The maximum atomic E-state index is 12.9. The Morgan fingerprint density at radius 3 is 1.11 bits per heavy atom. The molecule has 9 N–H and O–H groups in total. The van der Waals surface area contributed by atoms with Crippen LogP contribution in [0, 0.1) is 30.6 Å². The van der Waals surface area contributed by atoms with Crippen molar-refractivity contribution in [1.82, 2.24) is 16.0 Å². The molecule has 0 saturated carbocycles. The van der Waals surface area contributed by atoms with Gasteiger partial charge >= 0.3 is 68.0 Å². The number of benzene rings is 6. The van der Waals surface area contributed by atoms with Crippen molar-refractivity contribution < 1.29 is 149 Å². The van der Waals surface area contributed by atoms with Crippen LogP contribution in [0.1, 0.15) is 160 Å². The van der Waals surface area contributed by atoms with E-state index < -0.39 is 140 Å². The van der Waals surface area contributed by atoms with Gasteiger partial charge in [-0.3, -0.25) is 9.59 Å². The second kappa shape index (κ2) is 53.4. The van der Waals surface area contributed by atoms with Gasteiger partial charge in [-0.25, -0.2) is 70.9 Å². The van der Waals surface area contributed by atoms with E-state index in [2.05, 4.69) is 16.0 Å². The zero-order valence-electron chi connectivity index (χ0n) is 72.0. The van der Waals surface area contributed by atoms with Crippen LogP contribution >= 0.6 is 24.8 Å². The number of sulfone groups is 5. The maximum Gasteiger partial charge on any atom is 1.00 e. The molecule has 678 valence electrons. The number of aliphatic hydroxyl groups excluding tert-OH is 1. The van der Waals surface area contributed by atoms with Gasteiger partial charge < -0.3 is 71.8 Å². The molecule has 0 bridgehead atoms. The van der Waals surface area contributed by atoms with Crippen LogP contribution in [0.3, 0.4) is 0 Å². The maximum absolute atomic E-state index is 12.9. The first-order chi connectivity index (χ1) is 53.6. The average Bonchev–Trinajstić information content (AvgIpc) is 1.67. The van der Waals surface area contributed by atoms with Crippen LogP contribution in [0.4, 0.5) is 9.59 Å². The molecule has 6 aromatic carbocycles. The summed E-state index contributed by atoms with van der Waals surface area (Å²) < 4.78 is 144. The second-order valence-electron chi connectivity index (χ2n) is 30.3. The van der Waals surface area contributed by atoms with Crippen LogP contribution in [-0.4, -0.2) is 202 Å². The largest absolute Gasteiger partial charge is 1.00 e. The molecular formula is C80H119AlBCl2LiN4O28S5. The molecule has 1 heterocycles. The van der Waals surface area contributed by atoms with Gasteiger partial charge in [0, 0.05) is 36.8 Å². The number of amides is 3. The summed E-state index contributed by atoms with van der Waals surface area (Å²) in [7, 11) is -17.5. The molecule has 3 amide bonds. The van der Waals surface area contributed by atoms with Crippen LogP contribution in [0.5, 0.6) is 0 Å². The Balaban J connectivity index is -0.000000464. The van der Waals surface area contributed by atoms with E-state index in [1.807, 2.05) is 13.8 Å². The zero-order valence-corrected chi connectivity index (χ0v) is 76.7. The average molecular weight is 1860 g/mol. The number of carbonyl (C=O) groups excluding carboxylic acids is 6. The van der Waals surface area contributed by atoms with E-state index in [1.165, 1.54) is 66.7 Å². The quantitative estimate of drug-likeness (QED) is 0.0204. The van der Waals surface area contributed by atoms with Gasteiger partial charge in [-0.1, -0.05) is 123 Å². The van der Waals surface area contributed by atoms with Gasteiger partial charge in [-0.15, -0.1) is 24.8 Å². The molecule has 42 heteroatoms. The van der Waals surface area contributed by atoms with E-state index in [0.717, 1.165) is 42.9 Å². The Labute approximate surface area is 754 Å². The summed E-state index contributed by atoms with van der Waals surface area (Å²) in [5, 5.41) is 43.7. The molecule has 4 atom stereocenters. The summed E-state index contributed by atoms with van der Waals surface area (Å²) in [6.45, 7) is 26.2. The van der Waals surface area contributed by atoms with Gasteiger partial charge in [0.15, 0.2) is 66.5 Å². The van der Waals surface area contributed by atoms with Crippen LogP contribution in [-0.2, 0) is 130 Å². The fourth-order valence-corrected chi connectivity index (χ4v) is 13.1. The van der Waals surface area contributed by atoms with Crippen molar-refractivity contribution in [2.45, 2.75) is 204 Å². The van der Waals surface area contributed by atoms with Crippen molar-refractivity contribution in [2.24, 2.45) is 29.4 Å². The normalized spacial score (nSPS) is 12.6. The number of hydrogen-bond donors (Lipinski definition) is 8. The summed E-state index contributed by atoms with van der Waals surface area (Å²) in [5.74, 6) is -5.03. The van der Waals surface area contributed by atoms with Crippen LogP contribution in [0.25, 0.3) is 0 Å². The number of rotatable bonds is 25. The summed E-state index contributed by atoms with van der Waals surface area (Å²) in [6.07, 6.45) is 4.12. The van der Waals surface area contributed by atoms with Crippen molar-refractivity contribution in [3.63, 3.8) is 0 Å². The number of carbonyl (C=O) groups is 8. The van der Waals surface area contributed by atoms with E-state index >= 15 is 0 Å². The minimum absolute atomic E-state index is 0. The van der Waals surface area contributed by atoms with Gasteiger partial charge in [0.2, 0.25) is 0 Å². The number of esters is 3. The standard InChI is InChI=1S/C22H26BNO7S.C18H27NO6S.C13H19NO4S.C10H19NO4.C8H8O4S.C8H10O3S.CH4.Al.2ClH.Li.4H/c1-13(2)20(22(26)30-11-15-6-5-7-17(10-15)32(4,28)29)24-21(25)18-9-8-16-12-31-23(27)19(16)14(18)3;1-12(2)15(19-17(21)25-18(3,4)5)16(20)24-11-13-8-7-9-14(10-13)26(6,22)23;1-9(2)12(14)13(15)18-8-10-5-4-6-11(7-10)19(3,16)17;1-6(2)7(8(12)13)11-9(14)15-10(3,4)5;1-13(11,12)7-4-2-3-6(5-7)8(9)10;1-12(10,11)8-4-2-3-7(5-8)6-9;;;;;;;;;/h5-10,13,20,27H,11-12H2,1-4H3,(H,24,25);7-10,12,15H,11H2,1-6H3,(H,19,21);4-7,9,12H,8,14H2,1-3H3;6-7H,1-5H3,(H,11,14)(H,12,13);2-5H,1H3,(H,9,10);2-5,9H,6H2,1H3;1H4;;2*1H;;;;;/q;;;;;;;;;;+1;;;;-1/t20-;15-;12-;7-;;;;;;;;;;;/m0000.........../s1. The third-order valence-corrected chi connectivity index (χ3v) is 21.6. The first-order valence-electron chi connectivity index (χ1n) is 36.1. The number of carboxylic acids is 2.